The zero-order chi connectivity index (χ0) is 17.9. The lowest BCUT2D eigenvalue weighted by Crippen LogP contribution is -2.43. The second kappa shape index (κ2) is 7.20. The predicted octanol–water partition coefficient (Wildman–Crippen LogP) is 1.84. The Hall–Kier alpha value is -2.77. The summed E-state index contributed by atoms with van der Waals surface area (Å²) in [6, 6.07) is 3.51. The number of nitro groups is 1. The van der Waals surface area contributed by atoms with Crippen molar-refractivity contribution in [1.82, 2.24) is 9.80 Å². The average Bonchev–Trinajstić information content (AvgIpc) is 2.80. The minimum atomic E-state index is -0.668. The van der Waals surface area contributed by atoms with E-state index in [-0.39, 0.29) is 29.3 Å². The molecular weight excluding hydrogens is 314 g/mol. The second-order valence-corrected chi connectivity index (χ2v) is 5.51. The average molecular weight is 333 g/mol. The molecule has 0 aromatic heterocycles. The van der Waals surface area contributed by atoms with E-state index in [0.717, 1.165) is 23.8 Å². The van der Waals surface area contributed by atoms with Gasteiger partial charge in [0.15, 0.2) is 0 Å². The van der Waals surface area contributed by atoms with Gasteiger partial charge in [-0.25, -0.2) is 0 Å². The van der Waals surface area contributed by atoms with Gasteiger partial charge in [0.2, 0.25) is 5.91 Å². The van der Waals surface area contributed by atoms with Crippen LogP contribution in [0.4, 0.5) is 5.69 Å². The van der Waals surface area contributed by atoms with Crippen molar-refractivity contribution in [2.24, 2.45) is 0 Å². The van der Waals surface area contributed by atoms with Crippen molar-refractivity contribution in [1.29, 1.82) is 0 Å². The Labute approximate surface area is 139 Å². The molecule has 0 fully saturated rings. The van der Waals surface area contributed by atoms with Crippen molar-refractivity contribution in [3.63, 3.8) is 0 Å². The van der Waals surface area contributed by atoms with E-state index in [0.29, 0.717) is 13.1 Å². The van der Waals surface area contributed by atoms with E-state index in [1.54, 1.807) is 4.90 Å². The Bertz CT molecular complexity index is 701. The molecule has 0 N–H and O–H groups in total. The molecule has 0 spiro atoms. The highest BCUT2D eigenvalue weighted by Crippen LogP contribution is 2.26. The predicted molar refractivity (Wildman–Crippen MR) is 85.6 cm³/mol. The molecule has 0 bridgehead atoms. The fraction of sp³-hybridized carbons (Fsp3) is 0.438. The van der Waals surface area contributed by atoms with E-state index in [9.17, 15) is 24.5 Å². The molecule has 128 valence electrons. The zero-order valence-corrected chi connectivity index (χ0v) is 13.7. The van der Waals surface area contributed by atoms with Crippen LogP contribution in [0.15, 0.2) is 18.2 Å². The maximum atomic E-state index is 12.4. The molecule has 0 unspecified atom stereocenters. The van der Waals surface area contributed by atoms with Crippen LogP contribution in [0.1, 0.15) is 47.4 Å². The fourth-order valence-electron chi connectivity index (χ4n) is 2.58. The maximum absolute atomic E-state index is 12.4. The molecule has 8 nitrogen and oxygen atoms in total. The molecule has 0 radical (unpaired) electrons. The summed E-state index contributed by atoms with van der Waals surface area (Å²) in [6.07, 6.45) is 1.77. The lowest BCUT2D eigenvalue weighted by atomic mass is 10.1. The van der Waals surface area contributed by atoms with Gasteiger partial charge in [-0.3, -0.25) is 29.4 Å². The van der Waals surface area contributed by atoms with E-state index in [1.165, 1.54) is 12.1 Å². The number of unbranched alkanes of at least 4 members (excludes halogenated alkanes) is 1. The van der Waals surface area contributed by atoms with Gasteiger partial charge in [0.1, 0.15) is 6.54 Å². The van der Waals surface area contributed by atoms with E-state index >= 15 is 0 Å². The summed E-state index contributed by atoms with van der Waals surface area (Å²) in [5, 5.41) is 10.8. The zero-order valence-electron chi connectivity index (χ0n) is 13.7. The second-order valence-electron chi connectivity index (χ2n) is 5.51. The third kappa shape index (κ3) is 3.27. The Morgan fingerprint density at radius 1 is 1.21 bits per heavy atom. The van der Waals surface area contributed by atoms with Gasteiger partial charge in [0.05, 0.1) is 16.1 Å². The number of carbonyl (C=O) groups excluding carboxylic acids is 3. The summed E-state index contributed by atoms with van der Waals surface area (Å²) in [6.45, 7) is 4.56. The van der Waals surface area contributed by atoms with E-state index < -0.39 is 16.7 Å². The number of carbonyl (C=O) groups is 3. The van der Waals surface area contributed by atoms with Gasteiger partial charge < -0.3 is 4.90 Å². The first-order valence-electron chi connectivity index (χ1n) is 7.83. The van der Waals surface area contributed by atoms with Crippen LogP contribution in [-0.2, 0) is 4.79 Å². The Kier molecular flexibility index (Phi) is 5.28. The summed E-state index contributed by atoms with van der Waals surface area (Å²) in [5.74, 6) is -1.57. The largest absolute Gasteiger partial charge is 0.341 e. The molecule has 1 aromatic rings. The summed E-state index contributed by atoms with van der Waals surface area (Å²) in [7, 11) is 0. The van der Waals surface area contributed by atoms with Gasteiger partial charge in [0.25, 0.3) is 17.5 Å². The first-order valence-corrected chi connectivity index (χ1v) is 7.83. The van der Waals surface area contributed by atoms with Crippen molar-refractivity contribution in [2.75, 3.05) is 19.6 Å². The Morgan fingerprint density at radius 3 is 2.46 bits per heavy atom. The smallest absolute Gasteiger partial charge is 0.270 e. The summed E-state index contributed by atoms with van der Waals surface area (Å²) < 4.78 is 0. The van der Waals surface area contributed by atoms with Crippen LogP contribution in [-0.4, -0.2) is 52.1 Å². The quantitative estimate of drug-likeness (QED) is 0.430. The third-order valence-electron chi connectivity index (χ3n) is 3.97. The molecule has 3 amide bonds. The van der Waals surface area contributed by atoms with Crippen LogP contribution in [0, 0.1) is 10.1 Å². The highest BCUT2D eigenvalue weighted by Gasteiger charge is 2.38. The van der Waals surface area contributed by atoms with Crippen LogP contribution < -0.4 is 0 Å². The summed E-state index contributed by atoms with van der Waals surface area (Å²) in [4.78, 5) is 49.6. The van der Waals surface area contributed by atoms with Crippen LogP contribution in [0.5, 0.6) is 0 Å². The topological polar surface area (TPSA) is 101 Å². The highest BCUT2D eigenvalue weighted by atomic mass is 16.6. The third-order valence-corrected chi connectivity index (χ3v) is 3.97. The van der Waals surface area contributed by atoms with Gasteiger partial charge >= 0.3 is 0 Å². The molecule has 0 aliphatic carbocycles. The number of hydrogen-bond donors (Lipinski definition) is 0. The number of imide groups is 1. The molecule has 24 heavy (non-hydrogen) atoms. The molecule has 0 saturated carbocycles. The minimum absolute atomic E-state index is 0.0291. The van der Waals surface area contributed by atoms with Crippen LogP contribution in [0.3, 0.4) is 0 Å². The molecule has 1 heterocycles. The van der Waals surface area contributed by atoms with Crippen molar-refractivity contribution in [2.45, 2.75) is 26.7 Å². The number of amides is 3. The normalized spacial score (nSPS) is 13.2. The number of fused-ring (bicyclic) bond motifs is 1. The number of nitro benzene ring substituents is 1. The van der Waals surface area contributed by atoms with Gasteiger partial charge in [-0.2, -0.15) is 0 Å². The number of likely N-dealkylation sites (N-methyl/N-ethyl adjacent to an activating group) is 1. The first kappa shape index (κ1) is 17.6. The number of non-ortho nitro benzene ring substituents is 1. The molecule has 1 aliphatic rings. The monoisotopic (exact) mass is 333 g/mol. The maximum Gasteiger partial charge on any atom is 0.270 e. The molecular formula is C16H19N3O5. The number of benzene rings is 1. The number of hydrogen-bond acceptors (Lipinski definition) is 5. The summed E-state index contributed by atoms with van der Waals surface area (Å²) in [5.41, 5.74) is -0.199. The van der Waals surface area contributed by atoms with Gasteiger partial charge in [-0.15, -0.1) is 0 Å². The van der Waals surface area contributed by atoms with Crippen molar-refractivity contribution < 1.29 is 19.3 Å². The van der Waals surface area contributed by atoms with Crippen molar-refractivity contribution in [3.05, 3.63) is 39.4 Å². The van der Waals surface area contributed by atoms with Crippen LogP contribution in [0.2, 0.25) is 0 Å². The Morgan fingerprint density at radius 2 is 1.88 bits per heavy atom. The molecule has 1 aromatic carbocycles. The van der Waals surface area contributed by atoms with Crippen molar-refractivity contribution in [3.8, 4) is 0 Å². The number of rotatable bonds is 7. The van der Waals surface area contributed by atoms with Crippen LogP contribution in [0.25, 0.3) is 0 Å². The molecule has 0 atom stereocenters. The molecule has 2 rings (SSSR count). The lowest BCUT2D eigenvalue weighted by molar-refractivity contribution is -0.384. The summed E-state index contributed by atoms with van der Waals surface area (Å²) >= 11 is 0. The standard InChI is InChI=1S/C16H19N3O5/c1-3-5-8-17(4-2)14(20)10-18-15(21)12-7-6-11(19(23)24)9-13(12)16(18)22/h6-7,9H,3-5,8,10H2,1-2H3. The van der Waals surface area contributed by atoms with E-state index in [1.807, 2.05) is 13.8 Å². The van der Waals surface area contributed by atoms with Crippen molar-refractivity contribution >= 4 is 23.4 Å². The minimum Gasteiger partial charge on any atom is -0.341 e. The highest BCUT2D eigenvalue weighted by molar-refractivity contribution is 6.22. The van der Waals surface area contributed by atoms with Gasteiger partial charge in [0, 0.05) is 25.2 Å². The Balaban J connectivity index is 2.18. The first-order chi connectivity index (χ1) is 11.4. The SMILES string of the molecule is CCCCN(CC)C(=O)CN1C(=O)c2ccc([N+](=O)[O-])cc2C1=O. The van der Waals surface area contributed by atoms with Crippen LogP contribution >= 0.6 is 0 Å². The fourth-order valence-corrected chi connectivity index (χ4v) is 2.58. The number of nitrogens with zero attached hydrogens (tertiary/aromatic N) is 3. The molecule has 0 saturated heterocycles. The molecule has 8 heteroatoms. The van der Waals surface area contributed by atoms with Gasteiger partial charge in [-0.1, -0.05) is 13.3 Å². The van der Waals surface area contributed by atoms with E-state index in [4.69, 9.17) is 0 Å². The molecule has 1 aliphatic heterocycles. The van der Waals surface area contributed by atoms with E-state index in [2.05, 4.69) is 0 Å². The van der Waals surface area contributed by atoms with Gasteiger partial charge in [-0.05, 0) is 19.4 Å². The lowest BCUT2D eigenvalue weighted by Gasteiger charge is -2.23.